The summed E-state index contributed by atoms with van der Waals surface area (Å²) in [6.45, 7) is 0. The minimum atomic E-state index is -3.69. The number of hydrogen-bond acceptors (Lipinski definition) is 1. The van der Waals surface area contributed by atoms with E-state index in [2.05, 4.69) is 21.4 Å². The van der Waals surface area contributed by atoms with Gasteiger partial charge in [0.25, 0.3) is 0 Å². The summed E-state index contributed by atoms with van der Waals surface area (Å²) < 4.78 is 16.9. The van der Waals surface area contributed by atoms with Crippen molar-refractivity contribution in [3.8, 4) is 0 Å². The Morgan fingerprint density at radius 3 is 1.60 bits per heavy atom. The van der Waals surface area contributed by atoms with E-state index < -0.39 is 8.64 Å². The first-order valence-corrected chi connectivity index (χ1v) is 4.19. The lowest BCUT2D eigenvalue weighted by Crippen LogP contribution is -1.80. The van der Waals surface area contributed by atoms with Crippen LogP contribution in [0.2, 0.25) is 0 Å². The molecule has 1 N–H and O–H groups in total. The van der Waals surface area contributed by atoms with Gasteiger partial charge in [-0.3, -0.25) is 4.55 Å². The van der Waals surface area contributed by atoms with Crippen molar-refractivity contribution in [3.63, 3.8) is 0 Å². The summed E-state index contributed by atoms with van der Waals surface area (Å²) in [6.07, 6.45) is 0. The van der Waals surface area contributed by atoms with Crippen molar-refractivity contribution in [3.05, 3.63) is 0 Å². The summed E-state index contributed by atoms with van der Waals surface area (Å²) in [6, 6.07) is 0. The Labute approximate surface area is 39.3 Å². The topological polar surface area (TPSA) is 37.3 Å². The molecule has 0 saturated carbocycles. The van der Waals surface area contributed by atoms with Gasteiger partial charge in [-0.1, -0.05) is 8.64 Å². The van der Waals surface area contributed by atoms with Crippen LogP contribution in [0.3, 0.4) is 0 Å². The maximum atomic E-state index is 9.30. The molecule has 0 aliphatic heterocycles. The van der Waals surface area contributed by atoms with Crippen molar-refractivity contribution in [2.75, 3.05) is 0 Å². The molecule has 0 rings (SSSR count). The summed E-state index contributed by atoms with van der Waals surface area (Å²) in [7, 11) is 5.12. The second kappa shape index (κ2) is 1.43. The van der Waals surface area contributed by atoms with Crippen molar-refractivity contribution in [2.24, 2.45) is 0 Å². The summed E-state index contributed by atoms with van der Waals surface area (Å²) in [5.41, 5.74) is 0. The Morgan fingerprint density at radius 2 is 1.60 bits per heavy atom. The molecule has 34 valence electrons. The molecule has 5 heteroatoms. The second-order valence-corrected chi connectivity index (χ2v) is 4.57. The van der Waals surface area contributed by atoms with Crippen LogP contribution in [0.25, 0.3) is 0 Å². The van der Waals surface area contributed by atoms with Crippen molar-refractivity contribution >= 4 is 30.0 Å². The van der Waals surface area contributed by atoms with E-state index >= 15 is 0 Å². The third-order valence-corrected chi connectivity index (χ3v) is 0. The Morgan fingerprint density at radius 1 is 1.60 bits per heavy atom. The Bertz CT molecular complexity index is 53.8. The Kier molecular flexibility index (Phi) is 1.62. The van der Waals surface area contributed by atoms with Crippen LogP contribution in [0, 0.1) is 0 Å². The molecule has 0 aliphatic carbocycles. The number of rotatable bonds is 0. The molecule has 0 atom stereocenters. The fourth-order valence-electron chi connectivity index (χ4n) is 0. The molecule has 0 aromatic carbocycles. The molecule has 0 radical (unpaired) electrons. The van der Waals surface area contributed by atoms with Gasteiger partial charge in [0.1, 0.15) is 0 Å². The van der Waals surface area contributed by atoms with Crippen LogP contribution in [0.1, 0.15) is 0 Å². The van der Waals surface area contributed by atoms with E-state index in [1.54, 1.807) is 0 Å². The van der Waals surface area contributed by atoms with E-state index in [0.717, 1.165) is 0 Å². The number of thiol groups is 1. The van der Waals surface area contributed by atoms with Gasteiger partial charge in [-0.25, -0.2) is 0 Å². The van der Waals surface area contributed by atoms with Crippen LogP contribution in [-0.2, 0) is 8.64 Å². The molecule has 0 bridgehead atoms. The lowest BCUT2D eigenvalue weighted by atomic mass is 15.9. The maximum absolute atomic E-state index is 9.30. The predicted octanol–water partition coefficient (Wildman–Crippen LogP) is 0.784. The van der Waals surface area contributed by atoms with Crippen LogP contribution >= 0.6 is 21.4 Å². The van der Waals surface area contributed by atoms with E-state index in [0.29, 0.717) is 0 Å². The molecule has 0 spiro atoms. The third kappa shape index (κ3) is 71.3. The van der Waals surface area contributed by atoms with Crippen molar-refractivity contribution in [2.45, 2.75) is 0 Å². The summed E-state index contributed by atoms with van der Waals surface area (Å²) in [5.74, 6) is 0. The van der Waals surface area contributed by atoms with Gasteiger partial charge in [0, 0.05) is 21.4 Å². The molecule has 0 saturated heterocycles. The molecule has 5 heavy (non-hydrogen) atoms. The van der Waals surface area contributed by atoms with Crippen LogP contribution in [-0.4, -0.2) is 8.76 Å². The van der Waals surface area contributed by atoms with Gasteiger partial charge in [0.15, 0.2) is 0 Å². The van der Waals surface area contributed by atoms with E-state index in [9.17, 15) is 4.21 Å². The summed E-state index contributed by atoms with van der Waals surface area (Å²) >= 11 is 0. The number of halogens is 2. The van der Waals surface area contributed by atoms with Crippen molar-refractivity contribution in [1.82, 2.24) is 0 Å². The quantitative estimate of drug-likeness (QED) is 0.382. The predicted molar refractivity (Wildman–Crippen MR) is 23.9 cm³/mol. The van der Waals surface area contributed by atoms with Gasteiger partial charge in [-0.05, 0) is 0 Å². The molecular formula is H2Cl2O2S. The highest BCUT2D eigenvalue weighted by Crippen LogP contribution is 2.08. The van der Waals surface area contributed by atoms with Crippen LogP contribution in [0.15, 0.2) is 0 Å². The first-order valence-electron chi connectivity index (χ1n) is 0.721. The van der Waals surface area contributed by atoms with Gasteiger partial charge in [-0.2, -0.15) is 4.21 Å². The second-order valence-electron chi connectivity index (χ2n) is 0.435. The molecule has 0 fully saturated rings. The zero-order valence-electron chi connectivity index (χ0n) is 2.06. The van der Waals surface area contributed by atoms with Gasteiger partial charge < -0.3 is 0 Å². The van der Waals surface area contributed by atoms with E-state index in [-0.39, 0.29) is 0 Å². The van der Waals surface area contributed by atoms with Gasteiger partial charge >= 0.3 is 0 Å². The first-order chi connectivity index (χ1) is 2.00. The average Bonchev–Trinajstić information content (AvgIpc) is 0.722. The van der Waals surface area contributed by atoms with Crippen LogP contribution < -0.4 is 0 Å². The first kappa shape index (κ1) is 5.69. The molecule has 2 nitrogen and oxygen atoms in total. The molecular weight excluding hydrogens is 135 g/mol. The van der Waals surface area contributed by atoms with E-state index in [4.69, 9.17) is 4.55 Å². The fourth-order valence-corrected chi connectivity index (χ4v) is 0. The SMILES string of the molecule is O=[SH](O)(Cl)Cl. The lowest BCUT2D eigenvalue weighted by molar-refractivity contribution is 0.573. The standard InChI is InChI=1S/Cl2H2O2S/c1-5(2,3)4/h5H,(H,3,4). The molecule has 0 aliphatic rings. The molecule has 0 aromatic rings. The highest BCUT2D eigenvalue weighted by Gasteiger charge is 1.81. The summed E-state index contributed by atoms with van der Waals surface area (Å²) in [4.78, 5) is 0. The molecule has 0 aromatic heterocycles. The van der Waals surface area contributed by atoms with Gasteiger partial charge in [0.2, 0.25) is 0 Å². The highest BCUT2D eigenvalue weighted by atomic mass is 36.0. The minimum absolute atomic E-state index is 3.69. The zero-order chi connectivity index (χ0) is 4.50. The van der Waals surface area contributed by atoms with Crippen molar-refractivity contribution in [1.29, 1.82) is 0 Å². The number of hydrogen-bond donors (Lipinski definition) is 2. The lowest BCUT2D eigenvalue weighted by Gasteiger charge is -1.95. The van der Waals surface area contributed by atoms with Crippen molar-refractivity contribution < 1.29 is 8.76 Å². The van der Waals surface area contributed by atoms with E-state index in [1.165, 1.54) is 0 Å². The smallest absolute Gasteiger partial charge is 0.0319 e. The largest absolute Gasteiger partial charge is 0.279 e. The van der Waals surface area contributed by atoms with Gasteiger partial charge in [-0.15, -0.1) is 0 Å². The fraction of sp³-hybridized carbons (Fsp3) is 0. The minimum Gasteiger partial charge on any atom is -0.279 e. The van der Waals surface area contributed by atoms with Crippen LogP contribution in [0.5, 0.6) is 0 Å². The third-order valence-electron chi connectivity index (χ3n) is 0. The van der Waals surface area contributed by atoms with Gasteiger partial charge in [0.05, 0.1) is 0 Å². The Balaban J connectivity index is 3.47. The normalized spacial score (nSPS) is 15.0. The van der Waals surface area contributed by atoms with E-state index in [1.807, 2.05) is 0 Å². The van der Waals surface area contributed by atoms with Crippen LogP contribution in [0.4, 0.5) is 0 Å². The Hall–Kier alpha value is 0.690. The zero-order valence-corrected chi connectivity index (χ0v) is 4.46. The average molecular weight is 137 g/mol. The monoisotopic (exact) mass is 136 g/mol. The summed E-state index contributed by atoms with van der Waals surface area (Å²) in [5, 5.41) is 0. The molecule has 0 amide bonds. The molecule has 0 unspecified atom stereocenters. The highest BCUT2D eigenvalue weighted by molar-refractivity contribution is 8.36. The maximum Gasteiger partial charge on any atom is 0.0319 e. The molecule has 0 heterocycles.